The zero-order valence-electron chi connectivity index (χ0n) is 19.1. The van der Waals surface area contributed by atoms with Crippen LogP contribution in [0.1, 0.15) is 63.3 Å². The molecule has 0 saturated heterocycles. The van der Waals surface area contributed by atoms with Crippen molar-refractivity contribution < 1.29 is 14.0 Å². The van der Waals surface area contributed by atoms with E-state index in [0.717, 1.165) is 16.7 Å². The van der Waals surface area contributed by atoms with E-state index >= 15 is 0 Å². The van der Waals surface area contributed by atoms with E-state index in [0.29, 0.717) is 12.2 Å². The Labute approximate surface area is 186 Å². The van der Waals surface area contributed by atoms with Crippen LogP contribution in [0.3, 0.4) is 0 Å². The lowest BCUT2D eigenvalue weighted by Gasteiger charge is -2.32. The molecule has 3 aromatic rings. The van der Waals surface area contributed by atoms with Gasteiger partial charge in [0.15, 0.2) is 0 Å². The van der Waals surface area contributed by atoms with Crippen molar-refractivity contribution >= 4 is 7.60 Å². The van der Waals surface area contributed by atoms with E-state index < -0.39 is 13.0 Å². The van der Waals surface area contributed by atoms with Crippen LogP contribution < -0.4 is 4.52 Å². The summed E-state index contributed by atoms with van der Waals surface area (Å²) in [6, 6.07) is 26.6. The quantitative estimate of drug-likeness (QED) is 0.377. The van der Waals surface area contributed by atoms with Gasteiger partial charge >= 0.3 is 7.60 Å². The monoisotopic (exact) mass is 436 g/mol. The molecule has 3 nitrogen and oxygen atoms in total. The van der Waals surface area contributed by atoms with Crippen molar-refractivity contribution in [2.45, 2.75) is 51.9 Å². The second-order valence-corrected chi connectivity index (χ2v) is 11.1. The van der Waals surface area contributed by atoms with Crippen molar-refractivity contribution in [3.05, 3.63) is 101 Å². The molecule has 0 amide bonds. The topological polar surface area (TPSA) is 46.5 Å². The van der Waals surface area contributed by atoms with E-state index in [1.165, 1.54) is 5.56 Å². The lowest BCUT2D eigenvalue weighted by atomic mass is 9.73. The molecule has 1 atom stereocenters. The summed E-state index contributed by atoms with van der Waals surface area (Å²) in [7, 11) is -3.72. The zero-order valence-corrected chi connectivity index (χ0v) is 20.0. The summed E-state index contributed by atoms with van der Waals surface area (Å²) in [5, 5.41) is 0. The van der Waals surface area contributed by atoms with Gasteiger partial charge in [-0.1, -0.05) is 107 Å². The van der Waals surface area contributed by atoms with Crippen molar-refractivity contribution in [1.29, 1.82) is 0 Å². The molecule has 0 aliphatic carbocycles. The molecule has 4 heteroatoms. The molecule has 0 saturated carbocycles. The van der Waals surface area contributed by atoms with Crippen LogP contribution in [0.4, 0.5) is 0 Å². The van der Waals surface area contributed by atoms with Crippen molar-refractivity contribution in [3.63, 3.8) is 0 Å². The number of rotatable bonds is 8. The van der Waals surface area contributed by atoms with Gasteiger partial charge in [0, 0.05) is 16.4 Å². The molecule has 0 aliphatic heterocycles. The Morgan fingerprint density at radius 3 is 1.81 bits per heavy atom. The van der Waals surface area contributed by atoms with E-state index in [9.17, 15) is 9.46 Å². The molecule has 0 fully saturated rings. The molecular weight excluding hydrogens is 403 g/mol. The van der Waals surface area contributed by atoms with Crippen LogP contribution in [0, 0.1) is 0 Å². The molecule has 31 heavy (non-hydrogen) atoms. The van der Waals surface area contributed by atoms with Crippen molar-refractivity contribution in [2.24, 2.45) is 0 Å². The Morgan fingerprint density at radius 1 is 0.774 bits per heavy atom. The van der Waals surface area contributed by atoms with Crippen molar-refractivity contribution in [1.82, 2.24) is 0 Å². The summed E-state index contributed by atoms with van der Waals surface area (Å²) in [5.41, 5.74) is 3.74. The molecule has 0 aliphatic rings. The molecule has 3 aromatic carbocycles. The second-order valence-electron chi connectivity index (χ2n) is 9.15. The minimum Gasteiger partial charge on any atom is -0.424 e. The summed E-state index contributed by atoms with van der Waals surface area (Å²) in [5.74, 6) is 0.473. The molecule has 3 rings (SSSR count). The Morgan fingerprint density at radius 2 is 1.29 bits per heavy atom. The normalized spacial score (nSPS) is 14.1. The van der Waals surface area contributed by atoms with Gasteiger partial charge < -0.3 is 9.42 Å². The van der Waals surface area contributed by atoms with Crippen LogP contribution in [0.5, 0.6) is 5.75 Å². The summed E-state index contributed by atoms with van der Waals surface area (Å²) < 4.78 is 18.4. The average molecular weight is 437 g/mol. The van der Waals surface area contributed by atoms with Crippen LogP contribution in [0.15, 0.2) is 78.9 Å². The second kappa shape index (κ2) is 9.02. The molecule has 0 aromatic heterocycles. The van der Waals surface area contributed by atoms with E-state index in [1.807, 2.05) is 43.3 Å². The number of benzene rings is 3. The third kappa shape index (κ3) is 5.11. The van der Waals surface area contributed by atoms with Gasteiger partial charge in [0.1, 0.15) is 5.75 Å². The Hall–Kier alpha value is -2.35. The van der Waals surface area contributed by atoms with Crippen LogP contribution in [-0.4, -0.2) is 11.1 Å². The van der Waals surface area contributed by atoms with Gasteiger partial charge in [-0.05, 0) is 29.2 Å². The third-order valence-corrected chi connectivity index (χ3v) is 7.61. The molecule has 1 N–H and O–H groups in total. The first-order valence-corrected chi connectivity index (χ1v) is 12.6. The fourth-order valence-electron chi connectivity index (χ4n) is 4.00. The van der Waals surface area contributed by atoms with Crippen molar-refractivity contribution in [2.75, 3.05) is 6.16 Å². The minimum absolute atomic E-state index is 0.134. The number of hydrogen-bond donors (Lipinski definition) is 1. The van der Waals surface area contributed by atoms with Gasteiger partial charge in [0.2, 0.25) is 0 Å². The van der Waals surface area contributed by atoms with Gasteiger partial charge in [0.05, 0.1) is 6.16 Å². The van der Waals surface area contributed by atoms with E-state index in [-0.39, 0.29) is 11.6 Å². The van der Waals surface area contributed by atoms with E-state index in [4.69, 9.17) is 4.52 Å². The molecule has 0 radical (unpaired) electrons. The van der Waals surface area contributed by atoms with Crippen LogP contribution in [-0.2, 0) is 15.4 Å². The maximum atomic E-state index is 12.6. The maximum Gasteiger partial charge on any atom is 0.376 e. The highest BCUT2D eigenvalue weighted by Gasteiger charge is 2.32. The van der Waals surface area contributed by atoms with Crippen LogP contribution >= 0.6 is 7.60 Å². The van der Waals surface area contributed by atoms with Crippen molar-refractivity contribution in [3.8, 4) is 5.75 Å². The molecule has 0 heterocycles. The highest BCUT2D eigenvalue weighted by molar-refractivity contribution is 7.53. The lowest BCUT2D eigenvalue weighted by molar-refractivity contribution is 0.374. The molecule has 164 valence electrons. The first-order chi connectivity index (χ1) is 14.6. The first kappa shape index (κ1) is 23.3. The highest BCUT2D eigenvalue weighted by atomic mass is 31.2. The Balaban J connectivity index is 2.16. The summed E-state index contributed by atoms with van der Waals surface area (Å²) in [4.78, 5) is 10.4. The summed E-state index contributed by atoms with van der Waals surface area (Å²) in [6.07, 6.45) is 0.722. The van der Waals surface area contributed by atoms with Gasteiger partial charge in [-0.15, -0.1) is 0 Å². The molecule has 0 bridgehead atoms. The van der Waals surface area contributed by atoms with E-state index in [1.54, 1.807) is 0 Å². The maximum absolute atomic E-state index is 12.6. The summed E-state index contributed by atoms with van der Waals surface area (Å²) in [6.45, 7) is 10.5. The predicted molar refractivity (Wildman–Crippen MR) is 129 cm³/mol. The zero-order chi connectivity index (χ0) is 22.7. The Kier molecular flexibility index (Phi) is 6.79. The minimum atomic E-state index is -3.72. The van der Waals surface area contributed by atoms with Crippen LogP contribution in [0.2, 0.25) is 0 Å². The first-order valence-electron chi connectivity index (χ1n) is 10.9. The standard InChI is InChI=1S/C27H33O3P/c1-6-19-31(28,29)30-25-18-17-23(26(2,3)21-13-9-7-10-14-21)20-24(25)27(4,5)22-15-11-8-12-16-22/h7-18,20H,6,19H2,1-5H3,(H,28,29). The van der Waals surface area contributed by atoms with E-state index in [2.05, 4.69) is 70.2 Å². The highest BCUT2D eigenvalue weighted by Crippen LogP contribution is 2.48. The number of hydrogen-bond acceptors (Lipinski definition) is 2. The average Bonchev–Trinajstić information content (AvgIpc) is 2.74. The largest absolute Gasteiger partial charge is 0.424 e. The fourth-order valence-corrected chi connectivity index (χ4v) is 5.12. The Bertz CT molecular complexity index is 1060. The summed E-state index contributed by atoms with van der Waals surface area (Å²) >= 11 is 0. The van der Waals surface area contributed by atoms with Gasteiger partial charge in [0.25, 0.3) is 0 Å². The smallest absolute Gasteiger partial charge is 0.376 e. The third-order valence-electron chi connectivity index (χ3n) is 6.11. The van der Waals surface area contributed by atoms with Crippen LogP contribution in [0.25, 0.3) is 0 Å². The van der Waals surface area contributed by atoms with Gasteiger partial charge in [-0.2, -0.15) is 0 Å². The molecule has 0 spiro atoms. The molecular formula is C27H33O3P. The van der Waals surface area contributed by atoms with Gasteiger partial charge in [-0.25, -0.2) is 4.57 Å². The van der Waals surface area contributed by atoms with Gasteiger partial charge in [-0.3, -0.25) is 0 Å². The fraction of sp³-hybridized carbons (Fsp3) is 0.333. The lowest BCUT2D eigenvalue weighted by Crippen LogP contribution is -2.23. The predicted octanol–water partition coefficient (Wildman–Crippen LogP) is 7.31. The molecule has 1 unspecified atom stereocenters. The SMILES string of the molecule is CCCP(=O)(O)Oc1ccc(C(C)(C)c2ccccc2)cc1C(C)(C)c1ccccc1.